The Hall–Kier alpha value is -3.93. The van der Waals surface area contributed by atoms with E-state index in [0.29, 0.717) is 5.56 Å². The molecule has 3 rings (SSSR count). The third-order valence-corrected chi connectivity index (χ3v) is 4.61. The van der Waals surface area contributed by atoms with Crippen LogP contribution in [0.1, 0.15) is 33.1 Å². The van der Waals surface area contributed by atoms with Crippen LogP contribution in [0.25, 0.3) is 0 Å². The Kier molecular flexibility index (Phi) is 7.54. The molecule has 0 radical (unpaired) electrons. The largest absolute Gasteiger partial charge is 0.454 e. The molecule has 0 aromatic heterocycles. The van der Waals surface area contributed by atoms with E-state index in [9.17, 15) is 14.4 Å². The topological polar surface area (TPSA) is 84.5 Å². The van der Waals surface area contributed by atoms with Crippen molar-refractivity contribution in [2.45, 2.75) is 13.0 Å². The fraction of sp³-hybridized carbons (Fsp3) is 0.160. The van der Waals surface area contributed by atoms with E-state index in [1.807, 2.05) is 73.7 Å². The van der Waals surface area contributed by atoms with Crippen LogP contribution in [0.15, 0.2) is 84.9 Å². The van der Waals surface area contributed by atoms with Crippen molar-refractivity contribution in [2.75, 3.05) is 13.2 Å². The van der Waals surface area contributed by atoms with Gasteiger partial charge in [-0.2, -0.15) is 0 Å². The van der Waals surface area contributed by atoms with E-state index in [4.69, 9.17) is 4.74 Å². The van der Waals surface area contributed by atoms with Gasteiger partial charge in [0, 0.05) is 5.56 Å². The zero-order valence-electron chi connectivity index (χ0n) is 17.2. The fourth-order valence-electron chi connectivity index (χ4n) is 3.09. The molecular formula is C25H24N2O4. The first kappa shape index (κ1) is 21.8. The standard InChI is InChI=1S/C25H24N2O4/c1-18-9-8-14-21(15-18)25(30)26-16-23(29)31-17-22(28)27-24(19-10-4-2-5-11-19)20-12-6-3-7-13-20/h2-15,24H,16-17H2,1H3,(H,26,30)(H,27,28). The fourth-order valence-corrected chi connectivity index (χ4v) is 3.09. The summed E-state index contributed by atoms with van der Waals surface area (Å²) >= 11 is 0. The lowest BCUT2D eigenvalue weighted by Crippen LogP contribution is -2.35. The summed E-state index contributed by atoms with van der Waals surface area (Å²) in [5.41, 5.74) is 3.23. The molecular weight excluding hydrogens is 392 g/mol. The first-order valence-corrected chi connectivity index (χ1v) is 9.92. The summed E-state index contributed by atoms with van der Waals surface area (Å²) in [5.74, 6) is -1.50. The summed E-state index contributed by atoms with van der Waals surface area (Å²) in [6.07, 6.45) is 0. The van der Waals surface area contributed by atoms with Gasteiger partial charge in [-0.15, -0.1) is 0 Å². The van der Waals surface area contributed by atoms with Crippen LogP contribution in [0, 0.1) is 6.92 Å². The van der Waals surface area contributed by atoms with E-state index in [-0.39, 0.29) is 18.5 Å². The third kappa shape index (κ3) is 6.54. The van der Waals surface area contributed by atoms with Gasteiger partial charge in [0.1, 0.15) is 6.54 Å². The lowest BCUT2D eigenvalue weighted by Gasteiger charge is -2.20. The SMILES string of the molecule is Cc1cccc(C(=O)NCC(=O)OCC(=O)NC(c2ccccc2)c2ccccc2)c1. The van der Waals surface area contributed by atoms with E-state index in [2.05, 4.69) is 10.6 Å². The van der Waals surface area contributed by atoms with Gasteiger partial charge in [0.25, 0.3) is 11.8 Å². The molecule has 2 N–H and O–H groups in total. The minimum Gasteiger partial charge on any atom is -0.454 e. The van der Waals surface area contributed by atoms with E-state index in [1.54, 1.807) is 18.2 Å². The van der Waals surface area contributed by atoms with Crippen molar-refractivity contribution in [1.29, 1.82) is 0 Å². The first-order valence-electron chi connectivity index (χ1n) is 9.92. The average molecular weight is 416 g/mol. The normalized spacial score (nSPS) is 10.4. The van der Waals surface area contributed by atoms with Crippen LogP contribution in [0.3, 0.4) is 0 Å². The molecule has 0 aliphatic rings. The zero-order chi connectivity index (χ0) is 22.1. The number of rotatable bonds is 8. The van der Waals surface area contributed by atoms with Gasteiger partial charge in [-0.05, 0) is 30.2 Å². The second-order valence-electron chi connectivity index (χ2n) is 7.03. The molecule has 0 aliphatic heterocycles. The minimum atomic E-state index is -0.688. The Morgan fingerprint density at radius 2 is 1.45 bits per heavy atom. The Morgan fingerprint density at radius 1 is 0.839 bits per heavy atom. The highest BCUT2D eigenvalue weighted by molar-refractivity contribution is 5.96. The molecule has 2 amide bonds. The summed E-state index contributed by atoms with van der Waals surface area (Å²) in [7, 11) is 0. The number of benzene rings is 3. The van der Waals surface area contributed by atoms with Crippen molar-refractivity contribution in [3.05, 3.63) is 107 Å². The maximum absolute atomic E-state index is 12.4. The molecule has 0 heterocycles. The van der Waals surface area contributed by atoms with Crippen molar-refractivity contribution in [1.82, 2.24) is 10.6 Å². The molecule has 0 spiro atoms. The number of carbonyl (C=O) groups excluding carboxylic acids is 3. The summed E-state index contributed by atoms with van der Waals surface area (Å²) in [5, 5.41) is 5.40. The first-order chi connectivity index (χ1) is 15.0. The van der Waals surface area contributed by atoms with Crippen molar-refractivity contribution in [2.24, 2.45) is 0 Å². The summed E-state index contributed by atoms with van der Waals surface area (Å²) < 4.78 is 5.02. The summed E-state index contributed by atoms with van der Waals surface area (Å²) in [6.45, 7) is 1.12. The monoisotopic (exact) mass is 416 g/mol. The molecule has 0 atom stereocenters. The number of ether oxygens (including phenoxy) is 1. The number of aryl methyl sites for hydroxylation is 1. The van der Waals surface area contributed by atoms with Gasteiger partial charge in [-0.1, -0.05) is 78.4 Å². The highest BCUT2D eigenvalue weighted by Crippen LogP contribution is 2.21. The van der Waals surface area contributed by atoms with Crippen molar-refractivity contribution in [3.63, 3.8) is 0 Å². The van der Waals surface area contributed by atoms with Gasteiger partial charge in [0.05, 0.1) is 6.04 Å². The number of carbonyl (C=O) groups is 3. The molecule has 158 valence electrons. The van der Waals surface area contributed by atoms with Crippen molar-refractivity contribution < 1.29 is 19.1 Å². The van der Waals surface area contributed by atoms with Crippen LogP contribution in [-0.4, -0.2) is 30.9 Å². The van der Waals surface area contributed by atoms with Gasteiger partial charge in [0.15, 0.2) is 6.61 Å². The maximum Gasteiger partial charge on any atom is 0.325 e. The second kappa shape index (κ2) is 10.7. The molecule has 0 saturated heterocycles. The Labute approximate surface area is 181 Å². The Balaban J connectivity index is 1.52. The highest BCUT2D eigenvalue weighted by Gasteiger charge is 2.18. The third-order valence-electron chi connectivity index (χ3n) is 4.61. The minimum absolute atomic E-state index is 0.319. The molecule has 6 heteroatoms. The molecule has 0 fully saturated rings. The van der Waals surface area contributed by atoms with Gasteiger partial charge >= 0.3 is 5.97 Å². The zero-order valence-corrected chi connectivity index (χ0v) is 17.2. The molecule has 0 bridgehead atoms. The quantitative estimate of drug-likeness (QED) is 0.553. The highest BCUT2D eigenvalue weighted by atomic mass is 16.5. The predicted molar refractivity (Wildman–Crippen MR) is 117 cm³/mol. The molecule has 3 aromatic rings. The number of nitrogens with one attached hydrogen (secondary N) is 2. The maximum atomic E-state index is 12.4. The molecule has 0 unspecified atom stereocenters. The lowest BCUT2D eigenvalue weighted by atomic mass is 9.99. The molecule has 6 nitrogen and oxygen atoms in total. The van der Waals surface area contributed by atoms with Crippen LogP contribution in [0.2, 0.25) is 0 Å². The Bertz CT molecular complexity index is 996. The molecule has 3 aromatic carbocycles. The number of amides is 2. The summed E-state index contributed by atoms with van der Waals surface area (Å²) in [6, 6.07) is 25.7. The molecule has 0 aliphatic carbocycles. The summed E-state index contributed by atoms with van der Waals surface area (Å²) in [4.78, 5) is 36.5. The van der Waals surface area contributed by atoms with E-state index < -0.39 is 18.5 Å². The second-order valence-corrected chi connectivity index (χ2v) is 7.03. The van der Waals surface area contributed by atoms with E-state index in [0.717, 1.165) is 16.7 Å². The van der Waals surface area contributed by atoms with Crippen LogP contribution >= 0.6 is 0 Å². The van der Waals surface area contributed by atoms with E-state index >= 15 is 0 Å². The van der Waals surface area contributed by atoms with Crippen molar-refractivity contribution >= 4 is 17.8 Å². The number of hydrogen-bond donors (Lipinski definition) is 2. The van der Waals surface area contributed by atoms with Crippen molar-refractivity contribution in [3.8, 4) is 0 Å². The van der Waals surface area contributed by atoms with Crippen LogP contribution in [0.5, 0.6) is 0 Å². The predicted octanol–water partition coefficient (Wildman–Crippen LogP) is 3.17. The Morgan fingerprint density at radius 3 is 2.03 bits per heavy atom. The van der Waals surface area contributed by atoms with Crippen LogP contribution in [0.4, 0.5) is 0 Å². The van der Waals surface area contributed by atoms with Gasteiger partial charge in [-0.25, -0.2) is 0 Å². The van der Waals surface area contributed by atoms with E-state index in [1.165, 1.54) is 0 Å². The lowest BCUT2D eigenvalue weighted by molar-refractivity contribution is -0.147. The van der Waals surface area contributed by atoms with Gasteiger partial charge < -0.3 is 15.4 Å². The number of esters is 1. The van der Waals surface area contributed by atoms with Crippen LogP contribution in [-0.2, 0) is 14.3 Å². The average Bonchev–Trinajstić information content (AvgIpc) is 2.80. The molecule has 31 heavy (non-hydrogen) atoms. The van der Waals surface area contributed by atoms with Gasteiger partial charge in [-0.3, -0.25) is 14.4 Å². The number of hydrogen-bond acceptors (Lipinski definition) is 4. The van der Waals surface area contributed by atoms with Gasteiger partial charge in [0.2, 0.25) is 0 Å². The van der Waals surface area contributed by atoms with Crippen LogP contribution < -0.4 is 10.6 Å². The smallest absolute Gasteiger partial charge is 0.325 e. The molecule has 0 saturated carbocycles.